The molecule has 0 saturated carbocycles. The first-order chi connectivity index (χ1) is 13.3. The van der Waals surface area contributed by atoms with Crippen molar-refractivity contribution in [3.63, 3.8) is 0 Å². The van der Waals surface area contributed by atoms with Crippen LogP contribution in [-0.4, -0.2) is 32.1 Å². The van der Waals surface area contributed by atoms with E-state index in [9.17, 15) is 24.2 Å². The number of hydrogen-bond donors (Lipinski definition) is 3. The lowest BCUT2D eigenvalue weighted by Crippen LogP contribution is -2.08. The maximum Gasteiger partial charge on any atom is 0.336 e. The van der Waals surface area contributed by atoms with Crippen LogP contribution < -0.4 is 5.32 Å². The maximum absolute atomic E-state index is 13.5. The van der Waals surface area contributed by atoms with Crippen molar-refractivity contribution < 1.29 is 24.2 Å². The van der Waals surface area contributed by atoms with E-state index in [1.54, 1.807) is 26.0 Å². The summed E-state index contributed by atoms with van der Waals surface area (Å²) >= 11 is 0. The zero-order valence-corrected chi connectivity index (χ0v) is 15.0. The second kappa shape index (κ2) is 7.43. The number of aromatic carboxylic acids is 2. The highest BCUT2D eigenvalue weighted by molar-refractivity contribution is 6.02. The fourth-order valence-electron chi connectivity index (χ4n) is 2.82. The molecule has 0 aliphatic carbocycles. The Morgan fingerprint density at radius 1 is 0.964 bits per heavy atom. The van der Waals surface area contributed by atoms with E-state index in [1.165, 1.54) is 18.3 Å². The number of carboxylic acid groups (broad SMARTS) is 2. The van der Waals surface area contributed by atoms with Crippen molar-refractivity contribution in [3.8, 4) is 11.1 Å². The predicted molar refractivity (Wildman–Crippen MR) is 101 cm³/mol. The third kappa shape index (κ3) is 3.80. The van der Waals surface area contributed by atoms with E-state index in [1.807, 2.05) is 0 Å². The summed E-state index contributed by atoms with van der Waals surface area (Å²) in [4.78, 5) is 31.3. The fourth-order valence-corrected chi connectivity index (χ4v) is 2.82. The molecule has 0 spiro atoms. The van der Waals surface area contributed by atoms with E-state index in [-0.39, 0.29) is 11.1 Å². The summed E-state index contributed by atoms with van der Waals surface area (Å²) in [5.74, 6) is -2.71. The van der Waals surface area contributed by atoms with Gasteiger partial charge in [-0.25, -0.2) is 19.0 Å². The van der Waals surface area contributed by atoms with Crippen molar-refractivity contribution >= 4 is 23.4 Å². The zero-order chi connectivity index (χ0) is 20.4. The Morgan fingerprint density at radius 3 is 2.32 bits per heavy atom. The van der Waals surface area contributed by atoms with Gasteiger partial charge in [0.2, 0.25) is 0 Å². The van der Waals surface area contributed by atoms with Gasteiger partial charge in [0.15, 0.2) is 0 Å². The fraction of sp³-hybridized carbons (Fsp3) is 0.100. The van der Waals surface area contributed by atoms with E-state index in [4.69, 9.17) is 0 Å². The van der Waals surface area contributed by atoms with E-state index in [2.05, 4.69) is 15.3 Å². The Bertz CT molecular complexity index is 1100. The molecule has 3 aromatic rings. The van der Waals surface area contributed by atoms with Crippen LogP contribution in [0, 0.1) is 19.7 Å². The van der Waals surface area contributed by atoms with Crippen molar-refractivity contribution in [2.45, 2.75) is 13.8 Å². The number of aryl methyl sites for hydroxylation is 2. The highest BCUT2D eigenvalue weighted by Crippen LogP contribution is 2.33. The molecule has 0 radical (unpaired) electrons. The molecule has 0 bridgehead atoms. The number of pyridine rings is 2. The smallest absolute Gasteiger partial charge is 0.336 e. The van der Waals surface area contributed by atoms with Gasteiger partial charge in [-0.05, 0) is 43.7 Å². The molecule has 142 valence electrons. The Kier molecular flexibility index (Phi) is 5.04. The molecule has 2 heterocycles. The van der Waals surface area contributed by atoms with Crippen LogP contribution in [0.2, 0.25) is 0 Å². The number of benzene rings is 1. The van der Waals surface area contributed by atoms with Crippen LogP contribution in [-0.2, 0) is 0 Å². The zero-order valence-electron chi connectivity index (χ0n) is 15.0. The summed E-state index contributed by atoms with van der Waals surface area (Å²) in [6.07, 6.45) is 2.47. The molecule has 0 atom stereocenters. The summed E-state index contributed by atoms with van der Waals surface area (Å²) < 4.78 is 13.5. The molecule has 8 heteroatoms. The van der Waals surface area contributed by atoms with Crippen LogP contribution in [0.15, 0.2) is 42.7 Å². The lowest BCUT2D eigenvalue weighted by atomic mass is 9.94. The Hall–Kier alpha value is -3.81. The summed E-state index contributed by atoms with van der Waals surface area (Å²) in [7, 11) is 0. The Labute approximate surface area is 159 Å². The van der Waals surface area contributed by atoms with E-state index in [0.717, 1.165) is 12.3 Å². The van der Waals surface area contributed by atoms with Gasteiger partial charge in [0.25, 0.3) is 0 Å². The predicted octanol–water partition coefficient (Wildman–Crippen LogP) is 4.04. The third-order valence-electron chi connectivity index (χ3n) is 4.12. The minimum Gasteiger partial charge on any atom is -0.478 e. The van der Waals surface area contributed by atoms with Crippen LogP contribution >= 0.6 is 0 Å². The molecule has 0 aliphatic heterocycles. The highest BCUT2D eigenvalue weighted by atomic mass is 19.1. The summed E-state index contributed by atoms with van der Waals surface area (Å²) in [6.45, 7) is 3.35. The minimum atomic E-state index is -1.27. The lowest BCUT2D eigenvalue weighted by Gasteiger charge is -2.15. The standard InChI is InChI=1S/C20H16FN3O4/c1-10-5-16(17(20(27)28)7-15(10)19(25)26)14-4-3-11(2)23-18(14)24-13-6-12(21)8-22-9-13/h3-9H,1-2H3,(H,23,24)(H,25,26)(H,27,28). The largest absolute Gasteiger partial charge is 0.478 e. The van der Waals surface area contributed by atoms with Gasteiger partial charge in [0.1, 0.15) is 11.6 Å². The normalized spacial score (nSPS) is 10.5. The monoisotopic (exact) mass is 381 g/mol. The number of aromatic nitrogens is 2. The van der Waals surface area contributed by atoms with Crippen LogP contribution in [0.25, 0.3) is 11.1 Å². The number of nitrogens with one attached hydrogen (secondary N) is 1. The second-order valence-corrected chi connectivity index (χ2v) is 6.19. The summed E-state index contributed by atoms with van der Waals surface area (Å²) in [6, 6.07) is 7.24. The molecule has 1 aromatic carbocycles. The number of hydrogen-bond acceptors (Lipinski definition) is 5. The number of carbonyl (C=O) groups is 2. The first-order valence-electron chi connectivity index (χ1n) is 8.23. The maximum atomic E-state index is 13.5. The minimum absolute atomic E-state index is 0.0925. The Balaban J connectivity index is 2.20. The van der Waals surface area contributed by atoms with Gasteiger partial charge in [0.05, 0.1) is 29.2 Å². The topological polar surface area (TPSA) is 112 Å². The average molecular weight is 381 g/mol. The van der Waals surface area contributed by atoms with Crippen LogP contribution in [0.1, 0.15) is 32.0 Å². The lowest BCUT2D eigenvalue weighted by molar-refractivity contribution is 0.0695. The van der Waals surface area contributed by atoms with Gasteiger partial charge < -0.3 is 15.5 Å². The first-order valence-corrected chi connectivity index (χ1v) is 8.23. The van der Waals surface area contributed by atoms with Gasteiger partial charge in [-0.3, -0.25) is 4.98 Å². The molecule has 3 rings (SSSR count). The highest BCUT2D eigenvalue weighted by Gasteiger charge is 2.20. The molecular formula is C20H16FN3O4. The van der Waals surface area contributed by atoms with Crippen molar-refractivity contribution in [1.82, 2.24) is 9.97 Å². The summed E-state index contributed by atoms with van der Waals surface area (Å²) in [5, 5.41) is 21.8. The number of rotatable bonds is 5. The molecule has 0 aliphatic rings. The van der Waals surface area contributed by atoms with Gasteiger partial charge in [-0.15, -0.1) is 0 Å². The molecular weight excluding hydrogens is 365 g/mol. The van der Waals surface area contributed by atoms with Crippen molar-refractivity contribution in [2.75, 3.05) is 5.32 Å². The number of carboxylic acids is 2. The van der Waals surface area contributed by atoms with Gasteiger partial charge in [-0.1, -0.05) is 0 Å². The van der Waals surface area contributed by atoms with Crippen molar-refractivity contribution in [2.24, 2.45) is 0 Å². The Morgan fingerprint density at radius 2 is 1.68 bits per heavy atom. The van der Waals surface area contributed by atoms with E-state index < -0.39 is 17.8 Å². The van der Waals surface area contributed by atoms with Crippen LogP contribution in [0.5, 0.6) is 0 Å². The number of nitrogens with zero attached hydrogens (tertiary/aromatic N) is 2. The second-order valence-electron chi connectivity index (χ2n) is 6.19. The number of halogens is 1. The average Bonchev–Trinajstić information content (AvgIpc) is 2.61. The van der Waals surface area contributed by atoms with Crippen molar-refractivity contribution in [1.29, 1.82) is 0 Å². The van der Waals surface area contributed by atoms with E-state index in [0.29, 0.717) is 33.9 Å². The molecule has 3 N–H and O–H groups in total. The summed E-state index contributed by atoms with van der Waals surface area (Å²) in [5.41, 5.74) is 1.88. The van der Waals surface area contributed by atoms with Crippen molar-refractivity contribution in [3.05, 3.63) is 70.9 Å². The van der Waals surface area contributed by atoms with Gasteiger partial charge >= 0.3 is 11.9 Å². The molecule has 0 saturated heterocycles. The molecule has 2 aromatic heterocycles. The molecule has 7 nitrogen and oxygen atoms in total. The number of anilines is 2. The molecule has 0 amide bonds. The molecule has 0 fully saturated rings. The van der Waals surface area contributed by atoms with E-state index >= 15 is 0 Å². The van der Waals surface area contributed by atoms with Gasteiger partial charge in [0, 0.05) is 22.9 Å². The molecule has 28 heavy (non-hydrogen) atoms. The third-order valence-corrected chi connectivity index (χ3v) is 4.12. The van der Waals surface area contributed by atoms with Gasteiger partial charge in [-0.2, -0.15) is 0 Å². The van der Waals surface area contributed by atoms with Crippen LogP contribution in [0.4, 0.5) is 15.9 Å². The van der Waals surface area contributed by atoms with Crippen LogP contribution in [0.3, 0.4) is 0 Å². The SMILES string of the molecule is Cc1ccc(-c2cc(C)c(C(=O)O)cc2C(=O)O)c(Nc2cncc(F)c2)n1. The quantitative estimate of drug-likeness (QED) is 0.611. The molecule has 0 unspecified atom stereocenters. The first kappa shape index (κ1) is 19.0.